The van der Waals surface area contributed by atoms with Crippen molar-refractivity contribution < 1.29 is 9.53 Å². The molecule has 1 aliphatic rings. The van der Waals surface area contributed by atoms with Crippen molar-refractivity contribution in [2.75, 3.05) is 32.8 Å². The summed E-state index contributed by atoms with van der Waals surface area (Å²) in [5.74, 6) is 0.372. The molecule has 0 aromatic carbocycles. The summed E-state index contributed by atoms with van der Waals surface area (Å²) >= 11 is 1.73. The van der Waals surface area contributed by atoms with E-state index in [0.717, 1.165) is 26.3 Å². The summed E-state index contributed by atoms with van der Waals surface area (Å²) in [7, 11) is 0. The Morgan fingerprint density at radius 2 is 2.04 bits per heavy atom. The zero-order valence-electron chi connectivity index (χ0n) is 14.3. The van der Waals surface area contributed by atoms with Crippen molar-refractivity contribution in [2.45, 2.75) is 32.4 Å². The number of halogens is 2. The molecule has 2 atom stereocenters. The van der Waals surface area contributed by atoms with E-state index in [-0.39, 0.29) is 36.8 Å². The fourth-order valence-corrected chi connectivity index (χ4v) is 3.58. The van der Waals surface area contributed by atoms with Crippen molar-refractivity contribution in [1.82, 2.24) is 10.2 Å². The van der Waals surface area contributed by atoms with E-state index in [1.54, 1.807) is 11.3 Å². The molecule has 1 aromatic rings. The summed E-state index contributed by atoms with van der Waals surface area (Å²) in [4.78, 5) is 15.8. The highest BCUT2D eigenvalue weighted by Gasteiger charge is 2.25. The van der Waals surface area contributed by atoms with Gasteiger partial charge >= 0.3 is 0 Å². The second kappa shape index (κ2) is 12.1. The first-order valence-electron chi connectivity index (χ1n) is 7.96. The van der Waals surface area contributed by atoms with Gasteiger partial charge in [0.05, 0.1) is 25.3 Å². The Morgan fingerprint density at radius 3 is 2.58 bits per heavy atom. The van der Waals surface area contributed by atoms with Gasteiger partial charge in [-0.1, -0.05) is 19.9 Å². The van der Waals surface area contributed by atoms with Gasteiger partial charge in [0.2, 0.25) is 5.91 Å². The Balaban J connectivity index is 0.00000264. The SMILES string of the molecule is CC(C)C[C@H](N)C(=O)NCC(c1cccs1)N1CCOCC1.Cl.Cl. The van der Waals surface area contributed by atoms with Gasteiger partial charge in [0, 0.05) is 24.5 Å². The first-order chi connectivity index (χ1) is 10.6. The lowest BCUT2D eigenvalue weighted by Crippen LogP contribution is -2.47. The van der Waals surface area contributed by atoms with Crippen LogP contribution in [0.5, 0.6) is 0 Å². The van der Waals surface area contributed by atoms with Gasteiger partial charge in [0.1, 0.15) is 0 Å². The normalized spacial score (nSPS) is 17.5. The minimum atomic E-state index is -0.423. The van der Waals surface area contributed by atoms with E-state index in [9.17, 15) is 4.79 Å². The van der Waals surface area contributed by atoms with Crippen LogP contribution in [-0.4, -0.2) is 49.7 Å². The molecule has 0 aliphatic carbocycles. The minimum absolute atomic E-state index is 0. The molecule has 140 valence electrons. The Hall–Kier alpha value is -0.370. The van der Waals surface area contributed by atoms with Gasteiger partial charge in [-0.05, 0) is 23.8 Å². The molecule has 1 saturated heterocycles. The van der Waals surface area contributed by atoms with Crippen molar-refractivity contribution in [3.63, 3.8) is 0 Å². The standard InChI is InChI=1S/C16H27N3O2S.2ClH/c1-12(2)10-13(17)16(20)18-11-14(15-4-3-9-22-15)19-5-7-21-8-6-19;;/h3-4,9,12-14H,5-8,10-11,17H2,1-2H3,(H,18,20);2*1H/t13-,14?;;/m0../s1. The number of hydrogen-bond donors (Lipinski definition) is 2. The summed E-state index contributed by atoms with van der Waals surface area (Å²) in [5.41, 5.74) is 5.96. The molecule has 1 aromatic heterocycles. The third kappa shape index (κ3) is 7.25. The molecule has 1 aliphatic heterocycles. The number of nitrogens with one attached hydrogen (secondary N) is 1. The maximum Gasteiger partial charge on any atom is 0.236 e. The first-order valence-corrected chi connectivity index (χ1v) is 8.84. The van der Waals surface area contributed by atoms with E-state index in [0.29, 0.717) is 18.9 Å². The number of carbonyl (C=O) groups excluding carboxylic acids is 1. The number of morpholine rings is 1. The van der Waals surface area contributed by atoms with Gasteiger partial charge in [-0.25, -0.2) is 0 Å². The fourth-order valence-electron chi connectivity index (χ4n) is 2.72. The van der Waals surface area contributed by atoms with Gasteiger partial charge in [-0.15, -0.1) is 36.2 Å². The second-order valence-corrected chi connectivity index (χ2v) is 7.14. The molecule has 8 heteroatoms. The van der Waals surface area contributed by atoms with E-state index >= 15 is 0 Å². The summed E-state index contributed by atoms with van der Waals surface area (Å²) in [5, 5.41) is 5.11. The number of carbonyl (C=O) groups is 1. The van der Waals surface area contributed by atoms with E-state index in [1.807, 2.05) is 0 Å². The number of amides is 1. The smallest absolute Gasteiger partial charge is 0.236 e. The Labute approximate surface area is 161 Å². The monoisotopic (exact) mass is 397 g/mol. The molecule has 1 fully saturated rings. The number of nitrogens with zero attached hydrogens (tertiary/aromatic N) is 1. The van der Waals surface area contributed by atoms with Crippen molar-refractivity contribution in [3.8, 4) is 0 Å². The maximum atomic E-state index is 12.2. The highest BCUT2D eigenvalue weighted by Crippen LogP contribution is 2.25. The van der Waals surface area contributed by atoms with Crippen LogP contribution in [0.2, 0.25) is 0 Å². The van der Waals surface area contributed by atoms with Gasteiger partial charge in [0.25, 0.3) is 0 Å². The molecular formula is C16H29Cl2N3O2S. The Bertz CT molecular complexity index is 454. The average Bonchev–Trinajstić information content (AvgIpc) is 3.02. The average molecular weight is 398 g/mol. The molecule has 24 heavy (non-hydrogen) atoms. The number of ether oxygens (including phenoxy) is 1. The zero-order valence-corrected chi connectivity index (χ0v) is 16.7. The summed E-state index contributed by atoms with van der Waals surface area (Å²) < 4.78 is 5.43. The lowest BCUT2D eigenvalue weighted by Gasteiger charge is -2.34. The molecule has 0 saturated carbocycles. The largest absolute Gasteiger partial charge is 0.379 e. The number of hydrogen-bond acceptors (Lipinski definition) is 5. The van der Waals surface area contributed by atoms with Crippen molar-refractivity contribution in [2.24, 2.45) is 11.7 Å². The minimum Gasteiger partial charge on any atom is -0.379 e. The summed E-state index contributed by atoms with van der Waals surface area (Å²) in [6, 6.07) is 3.97. The molecule has 5 nitrogen and oxygen atoms in total. The lowest BCUT2D eigenvalue weighted by molar-refractivity contribution is -0.123. The molecule has 2 rings (SSSR count). The van der Waals surface area contributed by atoms with Gasteiger partial charge in [-0.2, -0.15) is 0 Å². The quantitative estimate of drug-likeness (QED) is 0.741. The second-order valence-electron chi connectivity index (χ2n) is 6.16. The highest BCUT2D eigenvalue weighted by molar-refractivity contribution is 7.10. The van der Waals surface area contributed by atoms with Crippen LogP contribution in [0, 0.1) is 5.92 Å². The Kier molecular flexibility index (Phi) is 11.9. The van der Waals surface area contributed by atoms with Crippen molar-refractivity contribution >= 4 is 42.1 Å². The van der Waals surface area contributed by atoms with E-state index in [4.69, 9.17) is 10.5 Å². The van der Waals surface area contributed by atoms with E-state index < -0.39 is 6.04 Å². The van der Waals surface area contributed by atoms with Crippen molar-refractivity contribution in [1.29, 1.82) is 0 Å². The predicted molar refractivity (Wildman–Crippen MR) is 104 cm³/mol. The van der Waals surface area contributed by atoms with Gasteiger partial charge in [-0.3, -0.25) is 9.69 Å². The molecule has 3 N–H and O–H groups in total. The number of nitrogens with two attached hydrogens (primary N) is 1. The Morgan fingerprint density at radius 1 is 1.38 bits per heavy atom. The van der Waals surface area contributed by atoms with Gasteiger partial charge in [0.15, 0.2) is 0 Å². The van der Waals surface area contributed by atoms with Crippen LogP contribution in [0.4, 0.5) is 0 Å². The molecule has 2 heterocycles. The van der Waals surface area contributed by atoms with Crippen LogP contribution >= 0.6 is 36.2 Å². The summed E-state index contributed by atoms with van der Waals surface area (Å²) in [6.07, 6.45) is 0.715. The topological polar surface area (TPSA) is 67.6 Å². The van der Waals surface area contributed by atoms with Crippen LogP contribution in [0.25, 0.3) is 0 Å². The van der Waals surface area contributed by atoms with Crippen LogP contribution < -0.4 is 11.1 Å². The fraction of sp³-hybridized carbons (Fsp3) is 0.688. The molecule has 1 unspecified atom stereocenters. The number of rotatable bonds is 7. The predicted octanol–water partition coefficient (Wildman–Crippen LogP) is 2.45. The number of thiophene rings is 1. The molecule has 0 radical (unpaired) electrons. The van der Waals surface area contributed by atoms with Crippen LogP contribution in [0.1, 0.15) is 31.2 Å². The van der Waals surface area contributed by atoms with E-state index in [2.05, 4.69) is 41.6 Å². The molecular weight excluding hydrogens is 369 g/mol. The zero-order chi connectivity index (χ0) is 15.9. The first kappa shape index (κ1) is 23.6. The van der Waals surface area contributed by atoms with Crippen molar-refractivity contribution in [3.05, 3.63) is 22.4 Å². The summed E-state index contributed by atoms with van der Waals surface area (Å²) in [6.45, 7) is 8.06. The third-order valence-corrected chi connectivity index (χ3v) is 4.86. The van der Waals surface area contributed by atoms with Crippen LogP contribution in [0.3, 0.4) is 0 Å². The molecule has 1 amide bonds. The maximum absolute atomic E-state index is 12.2. The van der Waals surface area contributed by atoms with Crippen LogP contribution in [-0.2, 0) is 9.53 Å². The molecule has 0 spiro atoms. The molecule has 0 bridgehead atoms. The van der Waals surface area contributed by atoms with Crippen LogP contribution in [0.15, 0.2) is 17.5 Å². The van der Waals surface area contributed by atoms with Gasteiger partial charge < -0.3 is 15.8 Å². The lowest BCUT2D eigenvalue weighted by atomic mass is 10.0. The highest BCUT2D eigenvalue weighted by atomic mass is 35.5. The third-order valence-electron chi connectivity index (χ3n) is 3.89. The van der Waals surface area contributed by atoms with E-state index in [1.165, 1.54) is 4.88 Å².